The van der Waals surface area contributed by atoms with E-state index in [1.807, 2.05) is 0 Å². The molecule has 0 aliphatic carbocycles. The molecule has 1 unspecified atom stereocenters. The summed E-state index contributed by atoms with van der Waals surface area (Å²) >= 11 is 0. The van der Waals surface area contributed by atoms with Gasteiger partial charge in [-0.25, -0.2) is 4.39 Å². The number of carbonyl (C=O) groups excluding carboxylic acids is 1. The van der Waals surface area contributed by atoms with Crippen LogP contribution in [0, 0.1) is 5.82 Å². The van der Waals surface area contributed by atoms with E-state index >= 15 is 0 Å². The Labute approximate surface area is 121 Å². The van der Waals surface area contributed by atoms with Gasteiger partial charge in [0.2, 0.25) is 0 Å². The number of benzene rings is 1. The first-order valence-corrected chi connectivity index (χ1v) is 6.44. The zero-order chi connectivity index (χ0) is 15.4. The topological polar surface area (TPSA) is 67.3 Å². The number of ketones is 1. The second-order valence-corrected chi connectivity index (χ2v) is 4.76. The highest BCUT2D eigenvalue weighted by atomic mass is 19.1. The van der Waals surface area contributed by atoms with Crippen molar-refractivity contribution in [3.63, 3.8) is 0 Å². The monoisotopic (exact) mass is 287 g/mol. The Bertz CT molecular complexity index is 650. The van der Waals surface area contributed by atoms with Gasteiger partial charge in [0.1, 0.15) is 11.5 Å². The molecule has 0 aliphatic rings. The number of halogens is 1. The van der Waals surface area contributed by atoms with E-state index < -0.39 is 11.9 Å². The molecule has 2 rings (SSSR count). The van der Waals surface area contributed by atoms with Crippen molar-refractivity contribution in [2.45, 2.75) is 19.3 Å². The zero-order valence-electron chi connectivity index (χ0n) is 11.4. The fraction of sp³-hybridized carbons (Fsp3) is 0.188. The van der Waals surface area contributed by atoms with Crippen LogP contribution < -0.4 is 0 Å². The maximum absolute atomic E-state index is 12.8. The number of carbonyl (C=O) groups is 2. The van der Waals surface area contributed by atoms with Crippen molar-refractivity contribution in [1.29, 1.82) is 0 Å². The summed E-state index contributed by atoms with van der Waals surface area (Å²) in [5, 5.41) is 8.91. The van der Waals surface area contributed by atoms with Crippen molar-refractivity contribution < 1.29 is 19.1 Å². The van der Waals surface area contributed by atoms with Gasteiger partial charge in [0, 0.05) is 12.6 Å². The molecule has 1 N–H and O–H groups in total. The molecule has 4 nitrogen and oxygen atoms in total. The normalized spacial score (nSPS) is 11.9. The number of hydrogen-bond donors (Lipinski definition) is 1. The number of aliphatic carboxylic acids is 1. The summed E-state index contributed by atoms with van der Waals surface area (Å²) in [4.78, 5) is 26.9. The van der Waals surface area contributed by atoms with Crippen LogP contribution in [0.1, 0.15) is 34.5 Å². The first-order chi connectivity index (χ1) is 9.97. The third-order valence-corrected chi connectivity index (χ3v) is 3.22. The number of carboxylic acids is 1. The van der Waals surface area contributed by atoms with E-state index in [9.17, 15) is 14.0 Å². The van der Waals surface area contributed by atoms with Crippen LogP contribution in [0.15, 0.2) is 42.6 Å². The van der Waals surface area contributed by atoms with E-state index in [0.717, 1.165) is 0 Å². The van der Waals surface area contributed by atoms with Gasteiger partial charge in [-0.2, -0.15) is 0 Å². The standard InChI is InChI=1S/C16H14FNO3/c1-10(16(20)21)12-4-7-14(18-9-12)15(19)8-11-2-5-13(17)6-3-11/h2-7,9-10H,8H2,1H3,(H,20,21). The Hall–Kier alpha value is -2.56. The van der Waals surface area contributed by atoms with Crippen molar-refractivity contribution in [2.24, 2.45) is 0 Å². The zero-order valence-corrected chi connectivity index (χ0v) is 11.4. The highest BCUT2D eigenvalue weighted by Gasteiger charge is 2.15. The molecule has 2 aromatic rings. The molecule has 108 valence electrons. The number of nitrogens with zero attached hydrogens (tertiary/aromatic N) is 1. The second kappa shape index (κ2) is 6.26. The van der Waals surface area contributed by atoms with Gasteiger partial charge < -0.3 is 5.11 Å². The van der Waals surface area contributed by atoms with Crippen LogP contribution in [0.2, 0.25) is 0 Å². The predicted molar refractivity (Wildman–Crippen MR) is 74.7 cm³/mol. The lowest BCUT2D eigenvalue weighted by atomic mass is 10.0. The molecule has 0 amide bonds. The van der Waals surface area contributed by atoms with Crippen LogP contribution in [0.5, 0.6) is 0 Å². The lowest BCUT2D eigenvalue weighted by Gasteiger charge is -2.06. The molecule has 1 aromatic carbocycles. The molecule has 0 saturated carbocycles. The van der Waals surface area contributed by atoms with E-state index in [4.69, 9.17) is 5.11 Å². The summed E-state index contributed by atoms with van der Waals surface area (Å²) in [6.45, 7) is 1.55. The van der Waals surface area contributed by atoms with E-state index in [1.165, 1.54) is 24.4 Å². The summed E-state index contributed by atoms with van der Waals surface area (Å²) in [5.41, 5.74) is 1.51. The Morgan fingerprint density at radius 2 is 1.86 bits per heavy atom. The molecular weight excluding hydrogens is 273 g/mol. The van der Waals surface area contributed by atoms with Crippen molar-refractivity contribution >= 4 is 11.8 Å². The van der Waals surface area contributed by atoms with Gasteiger partial charge in [0.25, 0.3) is 0 Å². The number of Topliss-reactive ketones (excluding diaryl/α,β-unsaturated/α-hetero) is 1. The van der Waals surface area contributed by atoms with Crippen LogP contribution in [-0.4, -0.2) is 21.8 Å². The smallest absolute Gasteiger partial charge is 0.310 e. The predicted octanol–water partition coefficient (Wildman–Crippen LogP) is 2.83. The van der Waals surface area contributed by atoms with E-state index in [0.29, 0.717) is 11.1 Å². The highest BCUT2D eigenvalue weighted by Crippen LogP contribution is 2.15. The van der Waals surface area contributed by atoms with Gasteiger partial charge in [-0.1, -0.05) is 18.2 Å². The molecule has 0 radical (unpaired) electrons. The molecule has 0 saturated heterocycles. The van der Waals surface area contributed by atoms with Crippen molar-refractivity contribution in [3.8, 4) is 0 Å². The molecule has 0 fully saturated rings. The van der Waals surface area contributed by atoms with Crippen molar-refractivity contribution in [2.75, 3.05) is 0 Å². The van der Waals surface area contributed by atoms with Crippen LogP contribution in [-0.2, 0) is 11.2 Å². The van der Waals surface area contributed by atoms with Gasteiger partial charge >= 0.3 is 5.97 Å². The number of rotatable bonds is 5. The molecule has 0 aliphatic heterocycles. The number of pyridine rings is 1. The minimum atomic E-state index is -0.942. The average Bonchev–Trinajstić information content (AvgIpc) is 2.49. The van der Waals surface area contributed by atoms with Gasteiger partial charge in [-0.15, -0.1) is 0 Å². The quantitative estimate of drug-likeness (QED) is 0.859. The molecule has 0 spiro atoms. The Kier molecular flexibility index (Phi) is 4.42. The molecule has 1 heterocycles. The summed E-state index contributed by atoms with van der Waals surface area (Å²) in [6, 6.07) is 8.80. The Morgan fingerprint density at radius 1 is 1.19 bits per heavy atom. The lowest BCUT2D eigenvalue weighted by molar-refractivity contribution is -0.138. The minimum absolute atomic E-state index is 0.126. The molecule has 1 atom stereocenters. The van der Waals surface area contributed by atoms with Crippen LogP contribution in [0.3, 0.4) is 0 Å². The maximum atomic E-state index is 12.8. The molecule has 1 aromatic heterocycles. The van der Waals surface area contributed by atoms with Gasteiger partial charge in [-0.3, -0.25) is 14.6 Å². The molecule has 5 heteroatoms. The number of hydrogen-bond acceptors (Lipinski definition) is 3. The summed E-state index contributed by atoms with van der Waals surface area (Å²) in [7, 11) is 0. The Morgan fingerprint density at radius 3 is 2.38 bits per heavy atom. The molecular formula is C16H14FNO3. The van der Waals surface area contributed by atoms with Gasteiger partial charge in [0.15, 0.2) is 5.78 Å². The third kappa shape index (κ3) is 3.72. The van der Waals surface area contributed by atoms with E-state index in [1.54, 1.807) is 25.1 Å². The largest absolute Gasteiger partial charge is 0.481 e. The first kappa shape index (κ1) is 14.8. The van der Waals surface area contributed by atoms with E-state index in [-0.39, 0.29) is 23.7 Å². The molecule has 0 bridgehead atoms. The lowest BCUT2D eigenvalue weighted by Crippen LogP contribution is -2.10. The molecule has 21 heavy (non-hydrogen) atoms. The summed E-state index contributed by atoms with van der Waals surface area (Å²) < 4.78 is 12.8. The van der Waals surface area contributed by atoms with Crippen LogP contribution in [0.25, 0.3) is 0 Å². The van der Waals surface area contributed by atoms with Crippen molar-refractivity contribution in [3.05, 3.63) is 65.2 Å². The summed E-state index contributed by atoms with van der Waals surface area (Å²) in [6.07, 6.45) is 1.53. The Balaban J connectivity index is 2.09. The minimum Gasteiger partial charge on any atom is -0.481 e. The van der Waals surface area contributed by atoms with Gasteiger partial charge in [-0.05, 0) is 36.2 Å². The van der Waals surface area contributed by atoms with Crippen LogP contribution >= 0.6 is 0 Å². The second-order valence-electron chi connectivity index (χ2n) is 4.76. The SMILES string of the molecule is CC(C(=O)O)c1ccc(C(=O)Cc2ccc(F)cc2)nc1. The number of carboxylic acid groups (broad SMARTS) is 1. The first-order valence-electron chi connectivity index (χ1n) is 6.44. The average molecular weight is 287 g/mol. The highest BCUT2D eigenvalue weighted by molar-refractivity contribution is 5.95. The van der Waals surface area contributed by atoms with Crippen LogP contribution in [0.4, 0.5) is 4.39 Å². The fourth-order valence-electron chi connectivity index (χ4n) is 1.85. The maximum Gasteiger partial charge on any atom is 0.310 e. The van der Waals surface area contributed by atoms with Crippen molar-refractivity contribution in [1.82, 2.24) is 4.98 Å². The fourth-order valence-corrected chi connectivity index (χ4v) is 1.85. The van der Waals surface area contributed by atoms with Gasteiger partial charge in [0.05, 0.1) is 5.92 Å². The number of aromatic nitrogens is 1. The summed E-state index contributed by atoms with van der Waals surface area (Å²) in [5.74, 6) is -2.16. The third-order valence-electron chi connectivity index (χ3n) is 3.22. The van der Waals surface area contributed by atoms with E-state index in [2.05, 4.69) is 4.98 Å².